The van der Waals surface area contributed by atoms with E-state index in [0.29, 0.717) is 45.0 Å². The number of fused-ring (bicyclic) bond motifs is 5. The van der Waals surface area contributed by atoms with E-state index in [1.807, 2.05) is 81.2 Å². The Morgan fingerprint density at radius 3 is 1.47 bits per heavy atom. The molecule has 7 heterocycles. The SMILES string of the molecule is CC(=O)c1ccc(Br)cc1F.CC1=NCc2cc(Br)ccc21.CCOC(=O)C(=O)c1ccc(B2OC(C)(C)C(C)(C)O2)cc1.Cc1c2ccc(Br)cc2nn1C(C)C.Cc1nn(C(C)C)c2cc(-c3ccc(C(=O)C(=O)N[C@H](CN4CCCC4)[C@H](O)c4ccc(OC5CC5)c(Cl)c4)cc3)ccc12.Cc1nn(C(C)C)c2cc(-c3ccc(C(=O)C(=O)O)cc3)ccc12.Cc1nn(C(C)C)c2cc(Br)ccc12. The average molecular weight is 2180 g/mol. The number of hydrogen-bond acceptors (Lipinski definition) is 18. The molecule has 18 rings (SSSR count). The highest BCUT2D eigenvalue weighted by molar-refractivity contribution is 9.11. The summed E-state index contributed by atoms with van der Waals surface area (Å²) in [6.45, 7) is 41.3. The number of carbonyl (C=O) groups is 7. The van der Waals surface area contributed by atoms with Crippen LogP contribution in [0, 0.1) is 33.5 Å². The third-order valence-corrected chi connectivity index (χ3v) is 27.0. The van der Waals surface area contributed by atoms with E-state index in [1.165, 1.54) is 52.2 Å². The monoisotopic (exact) mass is 2170 g/mol. The molecule has 31 heteroatoms. The number of rotatable bonds is 22. The molecule has 140 heavy (non-hydrogen) atoms. The molecule has 1 saturated carbocycles. The minimum Gasteiger partial charge on any atom is -0.489 e. The van der Waals surface area contributed by atoms with Crippen LogP contribution in [0.2, 0.25) is 5.02 Å². The molecule has 2 atom stereocenters. The quantitative estimate of drug-likeness (QED) is 0.0246. The Morgan fingerprint density at radius 1 is 0.536 bits per heavy atom. The summed E-state index contributed by atoms with van der Waals surface area (Å²) in [4.78, 5) is 89.3. The van der Waals surface area contributed by atoms with Gasteiger partial charge in [0.15, 0.2) is 5.78 Å². The van der Waals surface area contributed by atoms with E-state index in [4.69, 9.17) is 35.5 Å². The number of nitrogens with zero attached hydrogens (tertiary/aromatic N) is 10. The average Bonchev–Trinajstić information content (AvgIpc) is 1.62. The number of aliphatic hydroxyl groups excluding tert-OH is 1. The molecule has 732 valence electrons. The van der Waals surface area contributed by atoms with E-state index in [1.54, 1.807) is 91.9 Å². The van der Waals surface area contributed by atoms with Crippen LogP contribution in [0.3, 0.4) is 0 Å². The lowest BCUT2D eigenvalue weighted by Crippen LogP contribution is -2.48. The van der Waals surface area contributed by atoms with Crippen LogP contribution in [-0.2, 0) is 35.0 Å². The first kappa shape index (κ1) is 108. The summed E-state index contributed by atoms with van der Waals surface area (Å²) in [6.07, 6.45) is 3.30. The van der Waals surface area contributed by atoms with Crippen LogP contribution in [0.4, 0.5) is 4.39 Å². The van der Waals surface area contributed by atoms with Crippen LogP contribution in [0.5, 0.6) is 5.75 Å². The lowest BCUT2D eigenvalue weighted by Gasteiger charge is -2.32. The lowest BCUT2D eigenvalue weighted by atomic mass is 9.78. The number of aromatic nitrogens is 8. The Morgan fingerprint density at radius 2 is 0.986 bits per heavy atom. The number of aliphatic hydroxyl groups is 1. The van der Waals surface area contributed by atoms with Crippen molar-refractivity contribution in [2.45, 2.75) is 217 Å². The van der Waals surface area contributed by atoms with Crippen LogP contribution in [0.15, 0.2) is 223 Å². The zero-order valence-electron chi connectivity index (χ0n) is 82.2. The maximum absolute atomic E-state index is 13.3. The zero-order chi connectivity index (χ0) is 102. The number of ether oxygens (including phenoxy) is 2. The molecular weight excluding hydrogens is 2060 g/mol. The van der Waals surface area contributed by atoms with Gasteiger partial charge >= 0.3 is 19.1 Å². The Bertz CT molecular complexity index is 6920. The van der Waals surface area contributed by atoms with Gasteiger partial charge in [0.1, 0.15) is 17.7 Å². The molecule has 0 radical (unpaired) electrons. The number of carboxylic acid groups (broad SMARTS) is 1. The highest BCUT2D eigenvalue weighted by Gasteiger charge is 2.52. The van der Waals surface area contributed by atoms with Crippen molar-refractivity contribution < 1.29 is 66.9 Å². The first-order chi connectivity index (χ1) is 66.3. The predicted octanol–water partition coefficient (Wildman–Crippen LogP) is 24.8. The molecule has 2 saturated heterocycles. The van der Waals surface area contributed by atoms with E-state index in [2.05, 4.69) is 258 Å². The van der Waals surface area contributed by atoms with Crippen molar-refractivity contribution in [3.63, 3.8) is 0 Å². The number of aliphatic imine (C=N–C) groups is 1. The molecular formula is C109H118BBr4ClFN11O13. The standard InChI is InChI=1S/C35H39ClN4O4.C19H18N2O3.C16H21BO5.2C11H13BrN2.C9H8BrN.C8H6BrFO/c1-21(2)40-31-19-25(10-14-28(31)22(3)38-40)23-6-8-24(9-7-23)34(42)35(43)37-30(20-39-16-4-5-17-39)33(41)26-11-15-32(29(36)18-26)44-27-12-13-27;1-11(2)21-17-10-15(8-9-16(17)12(3)20-21)13-4-6-14(7-5-13)18(22)19(23)24;1-6-20-14(19)13(18)11-7-9-12(10-8-11)17-21-15(2,3)16(4,5)22-17;1-7(2)14-8(3)10-5-4-9(12)6-11(10)13-14;1-7(2)14-11-6-9(12)4-5-10(11)8(3)13-14;1-6-9-3-2-8(10)4-7(9)5-11-6;1-5(11)7-3-2-6(9)4-8(7)10/h6-11,14-15,18-19,21,27,30,33,41H,4-5,12-13,16-17,20H2,1-3H3,(H,37,43);4-11H,1-3H3,(H,23,24);7-10H,6H2,1-5H3;2*4-7H,1-3H3;2-4H,5H2,1H3;2-4H,1H3/t30-,33-;;;;;;/m1....../s1. The van der Waals surface area contributed by atoms with Gasteiger partial charge in [-0.15, -0.1) is 0 Å². The summed E-state index contributed by atoms with van der Waals surface area (Å²) < 4.78 is 47.4. The molecule has 0 spiro atoms. The van der Waals surface area contributed by atoms with Crippen molar-refractivity contribution in [2.24, 2.45) is 4.99 Å². The second-order valence-electron chi connectivity index (χ2n) is 37.1. The maximum Gasteiger partial charge on any atom is 0.494 e. The number of benzene rings is 10. The Kier molecular flexibility index (Phi) is 36.1. The highest BCUT2D eigenvalue weighted by Crippen LogP contribution is 2.39. The van der Waals surface area contributed by atoms with Crippen molar-refractivity contribution in [3.8, 4) is 28.0 Å². The molecule has 4 aromatic heterocycles. The van der Waals surface area contributed by atoms with Crippen LogP contribution >= 0.6 is 75.3 Å². The number of halogens is 6. The largest absolute Gasteiger partial charge is 0.494 e. The van der Waals surface area contributed by atoms with Gasteiger partial charge < -0.3 is 39.2 Å². The third-order valence-electron chi connectivity index (χ3n) is 24.7. The van der Waals surface area contributed by atoms with Gasteiger partial charge in [-0.3, -0.25) is 47.7 Å². The van der Waals surface area contributed by atoms with Gasteiger partial charge in [-0.2, -0.15) is 20.4 Å². The summed E-state index contributed by atoms with van der Waals surface area (Å²) in [6, 6.07) is 61.7. The minimum atomic E-state index is -1.44. The number of esters is 1. The second-order valence-corrected chi connectivity index (χ2v) is 41.2. The molecule has 3 aliphatic heterocycles. The molecule has 0 bridgehead atoms. The molecule has 24 nitrogen and oxygen atoms in total. The molecule has 1 amide bonds. The maximum atomic E-state index is 13.3. The number of carbonyl (C=O) groups excluding carboxylic acids is 6. The van der Waals surface area contributed by atoms with Crippen LogP contribution in [0.1, 0.15) is 241 Å². The second kappa shape index (κ2) is 47.1. The number of amides is 1. The van der Waals surface area contributed by atoms with Crippen molar-refractivity contribution in [3.05, 3.63) is 291 Å². The van der Waals surface area contributed by atoms with E-state index in [9.17, 15) is 43.1 Å². The van der Waals surface area contributed by atoms with E-state index in [0.717, 1.165) is 137 Å². The number of carboxylic acids is 1. The molecule has 1 aliphatic carbocycles. The fraction of sp³-hybridized carbons (Fsp3) is 0.339. The van der Waals surface area contributed by atoms with E-state index >= 15 is 0 Å². The third kappa shape index (κ3) is 26.5. The summed E-state index contributed by atoms with van der Waals surface area (Å²) in [7, 11) is -0.489. The summed E-state index contributed by atoms with van der Waals surface area (Å²) in [5, 5.41) is 46.5. The highest BCUT2D eigenvalue weighted by atomic mass is 79.9. The fourth-order valence-corrected chi connectivity index (χ4v) is 18.0. The number of Topliss-reactive ketones (excluding diaryl/α,β-unsaturated/α-hetero) is 4. The minimum absolute atomic E-state index is 0.133. The molecule has 3 fully saturated rings. The number of ketones is 4. The summed E-state index contributed by atoms with van der Waals surface area (Å²) >= 11 is 19.9. The van der Waals surface area contributed by atoms with E-state index < -0.39 is 71.5 Å². The van der Waals surface area contributed by atoms with Gasteiger partial charge in [0.25, 0.3) is 17.5 Å². The van der Waals surface area contributed by atoms with Crippen molar-refractivity contribution in [1.82, 2.24) is 49.3 Å². The normalized spacial score (nSPS) is 14.4. The molecule has 14 aromatic rings. The van der Waals surface area contributed by atoms with E-state index in [-0.39, 0.29) is 47.3 Å². The van der Waals surface area contributed by atoms with Crippen molar-refractivity contribution >= 4 is 178 Å². The number of nitrogens with one attached hydrogen (secondary N) is 1. The van der Waals surface area contributed by atoms with Crippen molar-refractivity contribution in [1.29, 1.82) is 0 Å². The first-order valence-corrected chi connectivity index (χ1v) is 50.3. The van der Waals surface area contributed by atoms with Gasteiger partial charge in [-0.1, -0.05) is 185 Å². The zero-order valence-corrected chi connectivity index (χ0v) is 89.3. The molecule has 0 unspecified atom stereocenters. The van der Waals surface area contributed by atoms with Crippen LogP contribution < -0.4 is 15.5 Å². The van der Waals surface area contributed by atoms with Crippen molar-refractivity contribution in [2.75, 3.05) is 26.2 Å². The van der Waals surface area contributed by atoms with Crippen LogP contribution in [0.25, 0.3) is 65.9 Å². The van der Waals surface area contributed by atoms with Gasteiger partial charge in [0, 0.05) is 104 Å². The summed E-state index contributed by atoms with van der Waals surface area (Å²) in [5.74, 6) is -5.38. The predicted molar refractivity (Wildman–Crippen MR) is 567 cm³/mol. The first-order valence-electron chi connectivity index (χ1n) is 46.7. The Labute approximate surface area is 855 Å². The smallest absolute Gasteiger partial charge is 0.489 e. The molecule has 3 N–H and O–H groups in total. The van der Waals surface area contributed by atoms with Gasteiger partial charge in [-0.05, 0) is 300 Å². The van der Waals surface area contributed by atoms with Gasteiger partial charge in [-0.25, -0.2) is 14.0 Å². The number of likely N-dealkylation sites (tertiary alicyclic amines) is 1. The van der Waals surface area contributed by atoms with Gasteiger partial charge in [0.2, 0.25) is 5.78 Å². The molecule has 4 aliphatic rings. The Balaban J connectivity index is 0.000000156. The van der Waals surface area contributed by atoms with Gasteiger partial charge in [0.05, 0.1) is 86.2 Å². The fourth-order valence-electron chi connectivity index (χ4n) is 16.3. The number of hydrogen-bond donors (Lipinski definition) is 3. The Hall–Kier alpha value is -11.3. The lowest BCUT2D eigenvalue weighted by molar-refractivity contribution is -0.137. The number of aliphatic carboxylic acids is 1. The topological polar surface area (TPSA) is 296 Å². The summed E-state index contributed by atoms with van der Waals surface area (Å²) in [5.41, 5.74) is 17.8. The van der Waals surface area contributed by atoms with Crippen LogP contribution in [-0.4, -0.2) is 158 Å². The molecule has 10 aromatic carbocycles. The number of aryl methyl sites for hydroxylation is 4.